The zero-order chi connectivity index (χ0) is 20.8. The van der Waals surface area contributed by atoms with Crippen molar-refractivity contribution in [3.8, 4) is 11.3 Å². The number of nitrogens with one attached hydrogen (secondary N) is 1. The highest BCUT2D eigenvalue weighted by Gasteiger charge is 2.56. The molecule has 1 aromatic heterocycles. The fourth-order valence-corrected chi connectivity index (χ4v) is 4.68. The molecule has 0 radical (unpaired) electrons. The first kappa shape index (κ1) is 19.9. The highest BCUT2D eigenvalue weighted by Crippen LogP contribution is 2.60. The Kier molecular flexibility index (Phi) is 4.91. The molecular formula is C23H27F2N3O. The molecule has 2 saturated carbocycles. The molecule has 0 spiro atoms. The van der Waals surface area contributed by atoms with Gasteiger partial charge in [0.05, 0.1) is 22.9 Å². The number of hydrogen-bond acceptors (Lipinski definition) is 3. The van der Waals surface area contributed by atoms with E-state index >= 15 is 0 Å². The number of halogens is 2. The predicted molar refractivity (Wildman–Crippen MR) is 107 cm³/mol. The summed E-state index contributed by atoms with van der Waals surface area (Å²) >= 11 is 0. The Hall–Kier alpha value is -2.37. The number of carbonyl (C=O) groups excluding carboxylic acids is 1. The van der Waals surface area contributed by atoms with Gasteiger partial charge in [0, 0.05) is 6.54 Å². The third-order valence-corrected chi connectivity index (χ3v) is 7.27. The largest absolute Gasteiger partial charge is 0.355 e. The summed E-state index contributed by atoms with van der Waals surface area (Å²) < 4.78 is 28.4. The number of rotatable bonds is 5. The summed E-state index contributed by atoms with van der Waals surface area (Å²) in [6.07, 6.45) is 5.61. The van der Waals surface area contributed by atoms with Crippen LogP contribution in [-0.2, 0) is 4.79 Å². The minimum Gasteiger partial charge on any atom is -0.355 e. The van der Waals surface area contributed by atoms with Gasteiger partial charge in [0.25, 0.3) is 0 Å². The van der Waals surface area contributed by atoms with Gasteiger partial charge in [0.15, 0.2) is 0 Å². The Balaban J connectivity index is 1.63. The van der Waals surface area contributed by atoms with Crippen molar-refractivity contribution in [1.82, 2.24) is 15.5 Å². The number of amides is 1. The molecule has 6 heteroatoms. The molecule has 2 aliphatic carbocycles. The molecule has 2 atom stereocenters. The van der Waals surface area contributed by atoms with Gasteiger partial charge in [0.1, 0.15) is 11.6 Å². The van der Waals surface area contributed by atoms with Gasteiger partial charge in [-0.25, -0.2) is 8.78 Å². The van der Waals surface area contributed by atoms with Crippen LogP contribution in [0.5, 0.6) is 0 Å². The second-order valence-electron chi connectivity index (χ2n) is 9.27. The standard InChI is InChI=1S/C23H27F2N3O/c1-22(2)16(9-10-23(22,3)21(29)26-12-14-7-8-14)15-11-19(28-27-13-15)20-17(24)5-4-6-18(20)25/h4-6,11,13-14,16H,7-10,12H2,1-3H3,(H,26,29)/t16-,23-/m1/s1. The molecule has 4 rings (SSSR count). The van der Waals surface area contributed by atoms with E-state index in [1.54, 1.807) is 12.3 Å². The van der Waals surface area contributed by atoms with Crippen molar-refractivity contribution in [2.75, 3.05) is 6.54 Å². The molecular weight excluding hydrogens is 372 g/mol. The maximum Gasteiger partial charge on any atom is 0.226 e. The van der Waals surface area contributed by atoms with Gasteiger partial charge in [-0.15, -0.1) is 0 Å². The van der Waals surface area contributed by atoms with Crippen molar-refractivity contribution in [3.05, 3.63) is 47.7 Å². The smallest absolute Gasteiger partial charge is 0.226 e. The molecule has 1 aromatic carbocycles. The number of benzene rings is 1. The summed E-state index contributed by atoms with van der Waals surface area (Å²) in [4.78, 5) is 13.0. The lowest BCUT2D eigenvalue weighted by molar-refractivity contribution is -0.135. The summed E-state index contributed by atoms with van der Waals surface area (Å²) in [5.41, 5.74) is 0.0261. The van der Waals surface area contributed by atoms with Crippen molar-refractivity contribution >= 4 is 5.91 Å². The average Bonchev–Trinajstić information content (AvgIpc) is 3.46. The minimum atomic E-state index is -0.661. The van der Waals surface area contributed by atoms with Crippen molar-refractivity contribution in [3.63, 3.8) is 0 Å². The normalized spacial score (nSPS) is 25.8. The molecule has 1 heterocycles. The first-order chi connectivity index (χ1) is 13.7. The van der Waals surface area contributed by atoms with Gasteiger partial charge < -0.3 is 5.32 Å². The molecule has 1 amide bonds. The number of nitrogens with zero attached hydrogens (tertiary/aromatic N) is 2. The van der Waals surface area contributed by atoms with Gasteiger partial charge in [-0.3, -0.25) is 4.79 Å². The Labute approximate surface area is 170 Å². The highest BCUT2D eigenvalue weighted by molar-refractivity contribution is 5.84. The SMILES string of the molecule is CC1(C)[C@@H](c2cnnc(-c3c(F)cccc3F)c2)CC[C@]1(C)C(=O)NCC1CC1. The Morgan fingerprint density at radius 2 is 1.86 bits per heavy atom. The van der Waals surface area contributed by atoms with E-state index in [0.717, 1.165) is 24.9 Å². The van der Waals surface area contributed by atoms with Crippen LogP contribution in [0.4, 0.5) is 8.78 Å². The van der Waals surface area contributed by atoms with Crippen molar-refractivity contribution in [2.45, 2.75) is 52.4 Å². The van der Waals surface area contributed by atoms with Crippen LogP contribution in [-0.4, -0.2) is 22.6 Å². The van der Waals surface area contributed by atoms with Crippen LogP contribution < -0.4 is 5.32 Å². The Morgan fingerprint density at radius 3 is 2.52 bits per heavy atom. The van der Waals surface area contributed by atoms with Crippen LogP contribution in [0.15, 0.2) is 30.5 Å². The van der Waals surface area contributed by atoms with Crippen LogP contribution in [0.3, 0.4) is 0 Å². The molecule has 1 N–H and O–H groups in total. The van der Waals surface area contributed by atoms with Gasteiger partial charge in [-0.1, -0.05) is 26.8 Å². The van der Waals surface area contributed by atoms with Crippen molar-refractivity contribution in [2.24, 2.45) is 16.7 Å². The average molecular weight is 399 g/mol. The molecule has 4 nitrogen and oxygen atoms in total. The summed E-state index contributed by atoms with van der Waals surface area (Å²) in [5.74, 6) is -0.550. The summed E-state index contributed by atoms with van der Waals surface area (Å²) in [6, 6.07) is 5.48. The Morgan fingerprint density at radius 1 is 1.17 bits per heavy atom. The molecule has 2 fully saturated rings. The zero-order valence-electron chi connectivity index (χ0n) is 17.1. The van der Waals surface area contributed by atoms with E-state index in [-0.39, 0.29) is 28.5 Å². The predicted octanol–water partition coefficient (Wildman–Crippen LogP) is 4.86. The lowest BCUT2D eigenvalue weighted by Crippen LogP contribution is -2.47. The second kappa shape index (κ2) is 7.15. The molecule has 0 saturated heterocycles. The Bertz CT molecular complexity index is 921. The van der Waals surface area contributed by atoms with Gasteiger partial charge >= 0.3 is 0 Å². The summed E-state index contributed by atoms with van der Waals surface area (Å²) in [5, 5.41) is 11.1. The third-order valence-electron chi connectivity index (χ3n) is 7.27. The topological polar surface area (TPSA) is 54.9 Å². The molecule has 0 aliphatic heterocycles. The van der Waals surface area contributed by atoms with Crippen LogP contribution in [0.25, 0.3) is 11.3 Å². The first-order valence-corrected chi connectivity index (χ1v) is 10.3. The molecule has 0 unspecified atom stereocenters. The fourth-order valence-electron chi connectivity index (χ4n) is 4.68. The lowest BCUT2D eigenvalue weighted by atomic mass is 9.64. The summed E-state index contributed by atoms with van der Waals surface area (Å²) in [6.45, 7) is 6.99. The van der Waals surface area contributed by atoms with E-state index < -0.39 is 17.0 Å². The van der Waals surface area contributed by atoms with Crippen molar-refractivity contribution in [1.29, 1.82) is 0 Å². The van der Waals surface area contributed by atoms with E-state index in [1.807, 2.05) is 6.92 Å². The van der Waals surface area contributed by atoms with Crippen LogP contribution in [0, 0.1) is 28.4 Å². The van der Waals surface area contributed by atoms with Gasteiger partial charge in [-0.05, 0) is 66.7 Å². The monoisotopic (exact) mass is 399 g/mol. The zero-order valence-corrected chi connectivity index (χ0v) is 17.1. The molecule has 0 bridgehead atoms. The number of hydrogen-bond donors (Lipinski definition) is 1. The maximum absolute atomic E-state index is 14.2. The second-order valence-corrected chi connectivity index (χ2v) is 9.27. The minimum absolute atomic E-state index is 0.0447. The molecule has 2 aromatic rings. The fraction of sp³-hybridized carbons (Fsp3) is 0.522. The lowest BCUT2D eigenvalue weighted by Gasteiger charge is -2.40. The van der Waals surface area contributed by atoms with Crippen molar-refractivity contribution < 1.29 is 13.6 Å². The molecule has 2 aliphatic rings. The van der Waals surface area contributed by atoms with Crippen LogP contribution in [0.2, 0.25) is 0 Å². The van der Waals surface area contributed by atoms with Crippen LogP contribution >= 0.6 is 0 Å². The third kappa shape index (κ3) is 3.43. The van der Waals surface area contributed by atoms with Gasteiger partial charge in [-0.2, -0.15) is 10.2 Å². The quantitative estimate of drug-likeness (QED) is 0.781. The molecule has 154 valence electrons. The van der Waals surface area contributed by atoms with E-state index in [0.29, 0.717) is 5.92 Å². The van der Waals surface area contributed by atoms with Gasteiger partial charge in [0.2, 0.25) is 5.91 Å². The van der Waals surface area contributed by atoms with E-state index in [9.17, 15) is 13.6 Å². The highest BCUT2D eigenvalue weighted by atomic mass is 19.1. The van der Waals surface area contributed by atoms with E-state index in [4.69, 9.17) is 0 Å². The summed E-state index contributed by atoms with van der Waals surface area (Å²) in [7, 11) is 0. The van der Waals surface area contributed by atoms with E-state index in [2.05, 4.69) is 29.4 Å². The van der Waals surface area contributed by atoms with E-state index in [1.165, 1.54) is 31.0 Å². The van der Waals surface area contributed by atoms with Crippen LogP contribution in [0.1, 0.15) is 57.9 Å². The number of aromatic nitrogens is 2. The maximum atomic E-state index is 14.2. The molecule has 29 heavy (non-hydrogen) atoms. The number of carbonyl (C=O) groups is 1. The first-order valence-electron chi connectivity index (χ1n) is 10.3.